The van der Waals surface area contributed by atoms with Gasteiger partial charge in [0.1, 0.15) is 11.6 Å². The van der Waals surface area contributed by atoms with Crippen LogP contribution in [-0.4, -0.2) is 11.8 Å². The lowest BCUT2D eigenvalue weighted by Crippen LogP contribution is -2.43. The van der Waals surface area contributed by atoms with Crippen LogP contribution in [0, 0.1) is 11.7 Å². The van der Waals surface area contributed by atoms with Gasteiger partial charge in [-0.25, -0.2) is 4.39 Å². The highest BCUT2D eigenvalue weighted by Crippen LogP contribution is 2.22. The number of halogens is 1. The summed E-state index contributed by atoms with van der Waals surface area (Å²) in [5.74, 6) is -0.948. The Balaban J connectivity index is 2.04. The first kappa shape index (κ1) is 14.8. The van der Waals surface area contributed by atoms with Crippen molar-refractivity contribution in [2.24, 2.45) is 5.92 Å². The third-order valence-corrected chi connectivity index (χ3v) is 2.78. The van der Waals surface area contributed by atoms with Crippen molar-refractivity contribution in [3.63, 3.8) is 0 Å². The molecule has 0 aliphatic rings. The standard InChI is InChI=1S/C15H15FN2O3/c1-9(2)14(19)17-18-15(20)13-8-7-12(21-13)10-3-5-11(16)6-4-10/h3-9H,1-2H3,(H,17,19)(H,18,20). The van der Waals surface area contributed by atoms with Crippen molar-refractivity contribution in [2.45, 2.75) is 13.8 Å². The third kappa shape index (κ3) is 3.68. The van der Waals surface area contributed by atoms with Gasteiger partial charge in [0.25, 0.3) is 0 Å². The van der Waals surface area contributed by atoms with Crippen molar-refractivity contribution in [1.82, 2.24) is 10.9 Å². The second-order valence-electron chi connectivity index (χ2n) is 4.77. The fourth-order valence-corrected chi connectivity index (χ4v) is 1.55. The molecule has 0 saturated heterocycles. The molecule has 0 aliphatic heterocycles. The Kier molecular flexibility index (Phi) is 4.37. The van der Waals surface area contributed by atoms with E-state index in [0.717, 1.165) is 0 Å². The van der Waals surface area contributed by atoms with Crippen LogP contribution in [0.25, 0.3) is 11.3 Å². The van der Waals surface area contributed by atoms with Crippen LogP contribution in [0.4, 0.5) is 4.39 Å². The molecule has 0 spiro atoms. The van der Waals surface area contributed by atoms with E-state index in [4.69, 9.17) is 4.42 Å². The molecule has 1 heterocycles. The zero-order chi connectivity index (χ0) is 15.4. The zero-order valence-electron chi connectivity index (χ0n) is 11.6. The SMILES string of the molecule is CC(C)C(=O)NNC(=O)c1ccc(-c2ccc(F)cc2)o1. The van der Waals surface area contributed by atoms with E-state index in [9.17, 15) is 14.0 Å². The van der Waals surface area contributed by atoms with Crippen LogP contribution in [0.5, 0.6) is 0 Å². The fourth-order valence-electron chi connectivity index (χ4n) is 1.55. The number of nitrogens with one attached hydrogen (secondary N) is 2. The Labute approximate surface area is 121 Å². The average molecular weight is 290 g/mol. The molecule has 2 rings (SSSR count). The molecule has 1 aromatic carbocycles. The lowest BCUT2D eigenvalue weighted by Gasteiger charge is -2.07. The maximum atomic E-state index is 12.8. The summed E-state index contributed by atoms with van der Waals surface area (Å²) in [5, 5.41) is 0. The van der Waals surface area contributed by atoms with Crippen LogP contribution in [0.15, 0.2) is 40.8 Å². The Bertz CT molecular complexity index is 647. The van der Waals surface area contributed by atoms with Gasteiger partial charge in [0.2, 0.25) is 5.91 Å². The minimum atomic E-state index is -0.558. The molecular weight excluding hydrogens is 275 g/mol. The average Bonchev–Trinajstić information content (AvgIpc) is 2.94. The largest absolute Gasteiger partial charge is 0.451 e. The smallest absolute Gasteiger partial charge is 0.305 e. The molecule has 2 amide bonds. The number of carbonyl (C=O) groups excluding carboxylic acids is 2. The van der Waals surface area contributed by atoms with Crippen LogP contribution in [-0.2, 0) is 4.79 Å². The molecule has 0 radical (unpaired) electrons. The van der Waals surface area contributed by atoms with E-state index in [0.29, 0.717) is 11.3 Å². The molecule has 21 heavy (non-hydrogen) atoms. The molecule has 2 N–H and O–H groups in total. The molecule has 0 saturated carbocycles. The molecule has 0 unspecified atom stereocenters. The van der Waals surface area contributed by atoms with Gasteiger partial charge in [-0.3, -0.25) is 20.4 Å². The maximum absolute atomic E-state index is 12.8. The van der Waals surface area contributed by atoms with E-state index in [1.807, 2.05) is 0 Å². The topological polar surface area (TPSA) is 71.3 Å². The van der Waals surface area contributed by atoms with Crippen LogP contribution in [0.1, 0.15) is 24.4 Å². The number of hydrogen-bond acceptors (Lipinski definition) is 3. The van der Waals surface area contributed by atoms with E-state index in [1.54, 1.807) is 32.0 Å². The van der Waals surface area contributed by atoms with Gasteiger partial charge in [-0.15, -0.1) is 0 Å². The van der Waals surface area contributed by atoms with Crippen LogP contribution in [0.2, 0.25) is 0 Å². The molecule has 0 bridgehead atoms. The summed E-state index contributed by atoms with van der Waals surface area (Å²) in [6.45, 7) is 3.42. The van der Waals surface area contributed by atoms with Crippen molar-refractivity contribution >= 4 is 11.8 Å². The van der Waals surface area contributed by atoms with Gasteiger partial charge in [0.05, 0.1) is 0 Å². The second kappa shape index (κ2) is 6.21. The summed E-state index contributed by atoms with van der Waals surface area (Å²) >= 11 is 0. The van der Waals surface area contributed by atoms with Crippen molar-refractivity contribution in [1.29, 1.82) is 0 Å². The lowest BCUT2D eigenvalue weighted by atomic mass is 10.2. The summed E-state index contributed by atoms with van der Waals surface area (Å²) < 4.78 is 18.2. The first-order valence-corrected chi connectivity index (χ1v) is 6.43. The second-order valence-corrected chi connectivity index (χ2v) is 4.77. The molecule has 0 atom stereocenters. The van der Waals surface area contributed by atoms with Gasteiger partial charge in [-0.2, -0.15) is 0 Å². The zero-order valence-corrected chi connectivity index (χ0v) is 11.6. The molecule has 1 aromatic heterocycles. The van der Waals surface area contributed by atoms with Crippen molar-refractivity contribution in [3.8, 4) is 11.3 Å². The molecule has 5 nitrogen and oxygen atoms in total. The fraction of sp³-hybridized carbons (Fsp3) is 0.200. The number of hydrazine groups is 1. The van der Waals surface area contributed by atoms with Crippen molar-refractivity contribution in [3.05, 3.63) is 48.0 Å². The van der Waals surface area contributed by atoms with Gasteiger partial charge in [0, 0.05) is 11.5 Å². The van der Waals surface area contributed by atoms with E-state index in [1.165, 1.54) is 18.2 Å². The molecule has 0 fully saturated rings. The van der Waals surface area contributed by atoms with E-state index in [-0.39, 0.29) is 23.4 Å². The Morgan fingerprint density at radius 3 is 2.33 bits per heavy atom. The summed E-state index contributed by atoms with van der Waals surface area (Å²) in [6.07, 6.45) is 0. The van der Waals surface area contributed by atoms with Gasteiger partial charge in [-0.1, -0.05) is 13.8 Å². The highest BCUT2D eigenvalue weighted by molar-refractivity contribution is 5.93. The number of benzene rings is 1. The third-order valence-electron chi connectivity index (χ3n) is 2.78. The van der Waals surface area contributed by atoms with E-state index < -0.39 is 5.91 Å². The monoisotopic (exact) mass is 290 g/mol. The first-order chi connectivity index (χ1) is 9.97. The Hall–Kier alpha value is -2.63. The molecular formula is C15H15FN2O3. The van der Waals surface area contributed by atoms with Crippen LogP contribution >= 0.6 is 0 Å². The minimum absolute atomic E-state index is 0.0541. The van der Waals surface area contributed by atoms with E-state index >= 15 is 0 Å². The molecule has 110 valence electrons. The maximum Gasteiger partial charge on any atom is 0.305 e. The Morgan fingerprint density at radius 1 is 1.05 bits per heavy atom. The highest BCUT2D eigenvalue weighted by Gasteiger charge is 2.14. The lowest BCUT2D eigenvalue weighted by molar-refractivity contribution is -0.124. The predicted molar refractivity (Wildman–Crippen MR) is 74.5 cm³/mol. The van der Waals surface area contributed by atoms with Gasteiger partial charge in [-0.05, 0) is 36.4 Å². The number of amides is 2. The van der Waals surface area contributed by atoms with E-state index in [2.05, 4.69) is 10.9 Å². The number of furan rings is 1. The van der Waals surface area contributed by atoms with Crippen molar-refractivity contribution < 1.29 is 18.4 Å². The number of rotatable bonds is 3. The number of hydrogen-bond donors (Lipinski definition) is 2. The highest BCUT2D eigenvalue weighted by atomic mass is 19.1. The van der Waals surface area contributed by atoms with Crippen LogP contribution < -0.4 is 10.9 Å². The van der Waals surface area contributed by atoms with Gasteiger partial charge in [0.15, 0.2) is 5.76 Å². The molecule has 0 aliphatic carbocycles. The normalized spacial score (nSPS) is 10.5. The van der Waals surface area contributed by atoms with Crippen molar-refractivity contribution in [2.75, 3.05) is 0 Å². The number of carbonyl (C=O) groups is 2. The molecule has 6 heteroatoms. The minimum Gasteiger partial charge on any atom is -0.451 e. The van der Waals surface area contributed by atoms with Gasteiger partial charge >= 0.3 is 5.91 Å². The molecule has 2 aromatic rings. The first-order valence-electron chi connectivity index (χ1n) is 6.43. The van der Waals surface area contributed by atoms with Crippen LogP contribution in [0.3, 0.4) is 0 Å². The summed E-state index contributed by atoms with van der Waals surface area (Å²) in [6, 6.07) is 8.80. The Morgan fingerprint density at radius 2 is 1.71 bits per heavy atom. The summed E-state index contributed by atoms with van der Waals surface area (Å²) in [5.41, 5.74) is 5.20. The quantitative estimate of drug-likeness (QED) is 0.853. The summed E-state index contributed by atoms with van der Waals surface area (Å²) in [4.78, 5) is 23.1. The summed E-state index contributed by atoms with van der Waals surface area (Å²) in [7, 11) is 0. The van der Waals surface area contributed by atoms with Gasteiger partial charge < -0.3 is 4.42 Å². The predicted octanol–water partition coefficient (Wildman–Crippen LogP) is 2.50.